The fraction of sp³-hybridized carbons (Fsp3) is 0.296. The van der Waals surface area contributed by atoms with Gasteiger partial charge < -0.3 is 15.2 Å². The van der Waals surface area contributed by atoms with Gasteiger partial charge in [0.2, 0.25) is 0 Å². The van der Waals surface area contributed by atoms with Gasteiger partial charge in [0.25, 0.3) is 0 Å². The Kier molecular flexibility index (Phi) is 5.99. The normalized spacial score (nSPS) is 14.1. The van der Waals surface area contributed by atoms with Crippen LogP contribution in [0.4, 0.5) is 5.69 Å². The van der Waals surface area contributed by atoms with Crippen molar-refractivity contribution in [2.75, 3.05) is 11.9 Å². The fourth-order valence-electron chi connectivity index (χ4n) is 4.39. The van der Waals surface area contributed by atoms with Gasteiger partial charge in [-0.2, -0.15) is 0 Å². The van der Waals surface area contributed by atoms with E-state index in [-0.39, 0.29) is 0 Å². The number of carboxylic acid groups (broad SMARTS) is 1. The third-order valence-corrected chi connectivity index (χ3v) is 6.07. The average Bonchev–Trinajstić information content (AvgIpc) is 3.13. The molecule has 0 radical (unpaired) electrons. The first-order valence-electron chi connectivity index (χ1n) is 10.9. The second-order valence-electron chi connectivity index (χ2n) is 8.40. The quantitative estimate of drug-likeness (QED) is 0.530. The van der Waals surface area contributed by atoms with Gasteiger partial charge in [-0.3, -0.25) is 0 Å². The van der Waals surface area contributed by atoms with E-state index in [1.54, 1.807) is 0 Å². The number of ether oxygens (including phenoxy) is 1. The summed E-state index contributed by atoms with van der Waals surface area (Å²) in [6, 6.07) is 22.3. The molecule has 0 heterocycles. The molecule has 0 atom stereocenters. The molecule has 0 bridgehead atoms. The second kappa shape index (κ2) is 8.84. The first kappa shape index (κ1) is 21.0. The lowest BCUT2D eigenvalue weighted by Crippen LogP contribution is -2.47. The highest BCUT2D eigenvalue weighted by Crippen LogP contribution is 2.35. The maximum Gasteiger partial charge on any atom is 0.330 e. The van der Waals surface area contributed by atoms with Crippen molar-refractivity contribution in [2.45, 2.75) is 45.1 Å². The minimum Gasteiger partial charge on any atom is -0.493 e. The van der Waals surface area contributed by atoms with Crippen LogP contribution in [0.5, 0.6) is 5.75 Å². The first-order chi connectivity index (χ1) is 15.0. The largest absolute Gasteiger partial charge is 0.493 e. The van der Waals surface area contributed by atoms with E-state index in [4.69, 9.17) is 4.74 Å². The monoisotopic (exact) mass is 415 g/mol. The van der Waals surface area contributed by atoms with E-state index >= 15 is 0 Å². The third kappa shape index (κ3) is 4.58. The summed E-state index contributed by atoms with van der Waals surface area (Å²) < 4.78 is 6.14. The van der Waals surface area contributed by atoms with Crippen molar-refractivity contribution in [3.63, 3.8) is 0 Å². The van der Waals surface area contributed by atoms with Crippen molar-refractivity contribution < 1.29 is 14.6 Å². The molecule has 3 aromatic carbocycles. The Balaban J connectivity index is 1.50. The number of anilines is 1. The molecular formula is C27H29NO3. The SMILES string of the molecule is CCc1ccc(NC2(C(=O)O)Cc3ccccc3C2)cc1OCCc1cccc(C)c1. The number of hydrogen-bond acceptors (Lipinski definition) is 3. The molecule has 2 N–H and O–H groups in total. The Bertz CT molecular complexity index is 1060. The van der Waals surface area contributed by atoms with Gasteiger partial charge in [-0.1, -0.05) is 67.1 Å². The van der Waals surface area contributed by atoms with E-state index in [2.05, 4.69) is 43.4 Å². The summed E-state index contributed by atoms with van der Waals surface area (Å²) in [7, 11) is 0. The van der Waals surface area contributed by atoms with E-state index in [9.17, 15) is 9.90 Å². The maximum absolute atomic E-state index is 12.3. The lowest BCUT2D eigenvalue weighted by atomic mass is 9.95. The molecule has 1 aliphatic rings. The van der Waals surface area contributed by atoms with Crippen molar-refractivity contribution in [1.29, 1.82) is 0 Å². The highest BCUT2D eigenvalue weighted by Gasteiger charge is 2.44. The molecule has 0 saturated heterocycles. The van der Waals surface area contributed by atoms with Gasteiger partial charge >= 0.3 is 5.97 Å². The van der Waals surface area contributed by atoms with Crippen LogP contribution in [-0.4, -0.2) is 23.2 Å². The molecule has 0 spiro atoms. The zero-order valence-corrected chi connectivity index (χ0v) is 18.2. The Morgan fingerprint density at radius 1 is 1.03 bits per heavy atom. The number of aryl methyl sites for hydroxylation is 2. The molecule has 4 nitrogen and oxygen atoms in total. The van der Waals surface area contributed by atoms with Crippen LogP contribution in [0.2, 0.25) is 0 Å². The average molecular weight is 416 g/mol. The van der Waals surface area contributed by atoms with Gasteiger partial charge in [0, 0.05) is 31.0 Å². The number of aliphatic carboxylic acids is 1. The van der Waals surface area contributed by atoms with Crippen molar-refractivity contribution in [3.05, 3.63) is 94.5 Å². The molecule has 3 aromatic rings. The van der Waals surface area contributed by atoms with E-state index in [1.807, 2.05) is 42.5 Å². The van der Waals surface area contributed by atoms with Crippen molar-refractivity contribution in [1.82, 2.24) is 0 Å². The molecule has 0 unspecified atom stereocenters. The molecular weight excluding hydrogens is 386 g/mol. The van der Waals surface area contributed by atoms with E-state index in [0.717, 1.165) is 41.0 Å². The number of carboxylic acids is 1. The smallest absolute Gasteiger partial charge is 0.330 e. The summed E-state index contributed by atoms with van der Waals surface area (Å²) in [5, 5.41) is 13.4. The number of carbonyl (C=O) groups is 1. The summed E-state index contributed by atoms with van der Waals surface area (Å²) in [4.78, 5) is 12.3. The van der Waals surface area contributed by atoms with Crippen LogP contribution in [0.1, 0.15) is 34.7 Å². The van der Waals surface area contributed by atoms with Gasteiger partial charge in [-0.15, -0.1) is 0 Å². The predicted octanol–water partition coefficient (Wildman–Crippen LogP) is 5.21. The van der Waals surface area contributed by atoms with Crippen molar-refractivity contribution in [3.8, 4) is 5.75 Å². The van der Waals surface area contributed by atoms with Crippen LogP contribution in [-0.2, 0) is 30.5 Å². The van der Waals surface area contributed by atoms with Crippen LogP contribution in [0.15, 0.2) is 66.7 Å². The summed E-state index contributed by atoms with van der Waals surface area (Å²) in [6.07, 6.45) is 2.63. The standard InChI is InChI=1S/C27H29NO3/c1-3-21-11-12-24(16-25(21)31-14-13-20-8-6-7-19(2)15-20)28-27(26(29)30)17-22-9-4-5-10-23(22)18-27/h4-12,15-16,28H,3,13-14,17-18H2,1-2H3,(H,29,30). The zero-order valence-electron chi connectivity index (χ0n) is 18.2. The number of rotatable bonds is 8. The predicted molar refractivity (Wildman–Crippen MR) is 124 cm³/mol. The van der Waals surface area contributed by atoms with Gasteiger partial charge in [0.1, 0.15) is 11.3 Å². The Labute approximate surface area is 183 Å². The highest BCUT2D eigenvalue weighted by atomic mass is 16.5. The Morgan fingerprint density at radius 3 is 2.42 bits per heavy atom. The Hall–Kier alpha value is -3.27. The van der Waals surface area contributed by atoms with Crippen LogP contribution in [0.25, 0.3) is 0 Å². The number of benzene rings is 3. The van der Waals surface area contributed by atoms with Gasteiger partial charge in [-0.25, -0.2) is 4.79 Å². The number of fused-ring (bicyclic) bond motifs is 1. The van der Waals surface area contributed by atoms with Gasteiger partial charge in [-0.05, 0) is 41.7 Å². The topological polar surface area (TPSA) is 58.6 Å². The number of nitrogens with one attached hydrogen (secondary N) is 1. The zero-order chi connectivity index (χ0) is 21.8. The maximum atomic E-state index is 12.3. The van der Waals surface area contributed by atoms with Crippen LogP contribution < -0.4 is 10.1 Å². The highest BCUT2D eigenvalue weighted by molar-refractivity contribution is 5.85. The van der Waals surface area contributed by atoms with Gasteiger partial charge in [0.15, 0.2) is 0 Å². The number of hydrogen-bond donors (Lipinski definition) is 2. The lowest BCUT2D eigenvalue weighted by Gasteiger charge is -2.27. The fourth-order valence-corrected chi connectivity index (χ4v) is 4.39. The van der Waals surface area contributed by atoms with E-state index in [0.29, 0.717) is 19.4 Å². The van der Waals surface area contributed by atoms with Crippen LogP contribution in [0, 0.1) is 6.92 Å². The summed E-state index contributed by atoms with van der Waals surface area (Å²) in [5.41, 5.74) is 5.55. The molecule has 0 aromatic heterocycles. The van der Waals surface area contributed by atoms with Gasteiger partial charge in [0.05, 0.1) is 6.61 Å². The third-order valence-electron chi connectivity index (χ3n) is 6.07. The molecule has 4 rings (SSSR count). The first-order valence-corrected chi connectivity index (χ1v) is 10.9. The van der Waals surface area contributed by atoms with E-state index < -0.39 is 11.5 Å². The molecule has 4 heteroatoms. The molecule has 0 aliphatic heterocycles. The summed E-state index contributed by atoms with van der Waals surface area (Å²) >= 11 is 0. The Morgan fingerprint density at radius 2 is 1.77 bits per heavy atom. The lowest BCUT2D eigenvalue weighted by molar-refractivity contribution is -0.142. The summed E-state index contributed by atoms with van der Waals surface area (Å²) in [6.45, 7) is 4.77. The minimum atomic E-state index is -1.03. The van der Waals surface area contributed by atoms with Crippen molar-refractivity contribution >= 4 is 11.7 Å². The van der Waals surface area contributed by atoms with Crippen LogP contribution in [0.3, 0.4) is 0 Å². The molecule has 31 heavy (non-hydrogen) atoms. The van der Waals surface area contributed by atoms with Crippen molar-refractivity contribution in [2.24, 2.45) is 0 Å². The second-order valence-corrected chi connectivity index (χ2v) is 8.40. The summed E-state index contributed by atoms with van der Waals surface area (Å²) in [5.74, 6) is -0.0126. The molecule has 1 aliphatic carbocycles. The van der Waals surface area contributed by atoms with E-state index in [1.165, 1.54) is 11.1 Å². The molecule has 0 saturated carbocycles. The molecule has 0 fully saturated rings. The molecule has 0 amide bonds. The van der Waals surface area contributed by atoms with Crippen LogP contribution >= 0.6 is 0 Å². The minimum absolute atomic E-state index is 0.470. The molecule has 160 valence electrons.